The van der Waals surface area contributed by atoms with Gasteiger partial charge in [0.05, 0.1) is 30.4 Å². The molecule has 9 heteroatoms. The number of rotatable bonds is 3. The molecule has 3 rings (SSSR count). The second-order valence-corrected chi connectivity index (χ2v) is 8.68. The maximum Gasteiger partial charge on any atom is 0.410 e. The van der Waals surface area contributed by atoms with E-state index >= 15 is 0 Å². The van der Waals surface area contributed by atoms with Crippen LogP contribution in [0.5, 0.6) is 0 Å². The number of halogens is 2. The van der Waals surface area contributed by atoms with Crippen LogP contribution in [0.1, 0.15) is 38.8 Å². The van der Waals surface area contributed by atoms with Crippen LogP contribution in [-0.2, 0) is 16.5 Å². The van der Waals surface area contributed by atoms with Gasteiger partial charge in [-0.25, -0.2) is 13.6 Å². The van der Waals surface area contributed by atoms with Gasteiger partial charge in [0, 0.05) is 39.4 Å². The Labute approximate surface area is 164 Å². The molecule has 7 nitrogen and oxygen atoms in total. The van der Waals surface area contributed by atoms with Gasteiger partial charge >= 0.3 is 6.09 Å². The lowest BCUT2D eigenvalue weighted by atomic mass is 9.77. The second-order valence-electron chi connectivity index (χ2n) is 8.68. The molecule has 1 aromatic rings. The minimum Gasteiger partial charge on any atom is -0.444 e. The maximum absolute atomic E-state index is 13.0. The Morgan fingerprint density at radius 1 is 1.43 bits per heavy atom. The molecule has 0 bridgehead atoms. The molecule has 0 aromatic carbocycles. The van der Waals surface area contributed by atoms with Crippen molar-refractivity contribution in [3.05, 3.63) is 18.0 Å². The van der Waals surface area contributed by atoms with Crippen LogP contribution in [0.25, 0.3) is 0 Å². The fourth-order valence-electron chi connectivity index (χ4n) is 4.04. The lowest BCUT2D eigenvalue weighted by Crippen LogP contribution is -2.62. The van der Waals surface area contributed by atoms with Crippen LogP contribution in [0, 0.1) is 0 Å². The van der Waals surface area contributed by atoms with E-state index in [0.717, 1.165) is 5.69 Å². The molecule has 2 aliphatic heterocycles. The van der Waals surface area contributed by atoms with E-state index in [0.29, 0.717) is 39.2 Å². The summed E-state index contributed by atoms with van der Waals surface area (Å²) >= 11 is 0. The van der Waals surface area contributed by atoms with Crippen LogP contribution in [-0.4, -0.2) is 82.6 Å². The largest absolute Gasteiger partial charge is 0.444 e. The Balaban J connectivity index is 1.83. The van der Waals surface area contributed by atoms with Crippen LogP contribution in [0.3, 0.4) is 0 Å². The number of nitrogens with zero attached hydrogens (tertiary/aromatic N) is 4. The van der Waals surface area contributed by atoms with Crippen LogP contribution in [0.15, 0.2) is 12.3 Å². The third-order valence-electron chi connectivity index (χ3n) is 5.27. The number of piperidine rings is 1. The van der Waals surface area contributed by atoms with Gasteiger partial charge in [-0.1, -0.05) is 0 Å². The summed E-state index contributed by atoms with van der Waals surface area (Å²) in [7, 11) is 1.83. The molecule has 158 valence electrons. The molecule has 2 aliphatic rings. The molecule has 0 saturated carbocycles. The Morgan fingerprint density at radius 2 is 2.18 bits per heavy atom. The third-order valence-corrected chi connectivity index (χ3v) is 5.27. The average molecular weight is 400 g/mol. The van der Waals surface area contributed by atoms with E-state index in [9.17, 15) is 13.6 Å². The monoisotopic (exact) mass is 400 g/mol. The normalized spacial score (nSPS) is 26.8. The van der Waals surface area contributed by atoms with E-state index < -0.39 is 17.6 Å². The van der Waals surface area contributed by atoms with Gasteiger partial charge in [0.25, 0.3) is 6.43 Å². The standard InChI is InChI=1S/C19H30F2N4O3/c1-18(2,3)28-17(26)25-8-6-19(13-24(9-10-27-19)12-16(20)21)14(11-25)15-5-7-23(4)22-15/h5,7,14,16H,6,8-13H2,1-4H3. The quantitative estimate of drug-likeness (QED) is 0.780. The highest BCUT2D eigenvalue weighted by molar-refractivity contribution is 5.68. The van der Waals surface area contributed by atoms with Gasteiger partial charge in [0.15, 0.2) is 0 Å². The molecular formula is C19H30F2N4O3. The topological polar surface area (TPSA) is 59.8 Å². The Morgan fingerprint density at radius 3 is 2.79 bits per heavy atom. The first-order valence-electron chi connectivity index (χ1n) is 9.70. The molecule has 28 heavy (non-hydrogen) atoms. The number of likely N-dealkylation sites (tertiary alicyclic amines) is 1. The summed E-state index contributed by atoms with van der Waals surface area (Å²) in [4.78, 5) is 16.0. The Kier molecular flexibility index (Phi) is 5.95. The van der Waals surface area contributed by atoms with E-state index in [1.54, 1.807) is 14.5 Å². The number of carbonyl (C=O) groups is 1. The highest BCUT2D eigenvalue weighted by atomic mass is 19.3. The predicted octanol–water partition coefficient (Wildman–Crippen LogP) is 2.48. The van der Waals surface area contributed by atoms with Crippen molar-refractivity contribution in [2.45, 2.75) is 50.7 Å². The van der Waals surface area contributed by atoms with Crippen molar-refractivity contribution >= 4 is 6.09 Å². The summed E-state index contributed by atoms with van der Waals surface area (Å²) in [5, 5.41) is 4.53. The number of hydrogen-bond acceptors (Lipinski definition) is 5. The minimum absolute atomic E-state index is 0.213. The van der Waals surface area contributed by atoms with Crippen molar-refractivity contribution in [2.75, 3.05) is 39.3 Å². The number of aromatic nitrogens is 2. The molecule has 2 saturated heterocycles. The van der Waals surface area contributed by atoms with Crippen molar-refractivity contribution < 1.29 is 23.0 Å². The number of alkyl halides is 2. The fraction of sp³-hybridized carbons (Fsp3) is 0.789. The maximum atomic E-state index is 13.0. The Bertz CT molecular complexity index is 691. The molecule has 1 amide bonds. The SMILES string of the molecule is Cn1ccc(C2CN(C(=O)OC(C)(C)C)CCC23CN(CC(F)F)CCO3)n1. The molecule has 1 spiro atoms. The van der Waals surface area contributed by atoms with Gasteiger partial charge in [-0.15, -0.1) is 0 Å². The molecule has 2 fully saturated rings. The van der Waals surface area contributed by atoms with E-state index in [2.05, 4.69) is 5.10 Å². The van der Waals surface area contributed by atoms with Crippen molar-refractivity contribution in [3.8, 4) is 0 Å². The molecule has 3 heterocycles. The van der Waals surface area contributed by atoms with E-state index in [1.165, 1.54) is 0 Å². The second kappa shape index (κ2) is 7.94. The van der Waals surface area contributed by atoms with Crippen molar-refractivity contribution in [2.24, 2.45) is 7.05 Å². The van der Waals surface area contributed by atoms with Crippen molar-refractivity contribution in [1.29, 1.82) is 0 Å². The van der Waals surface area contributed by atoms with Gasteiger partial charge in [-0.3, -0.25) is 9.58 Å². The Hall–Kier alpha value is -1.74. The summed E-state index contributed by atoms with van der Waals surface area (Å²) < 4.78 is 39.4. The van der Waals surface area contributed by atoms with E-state index in [-0.39, 0.29) is 18.6 Å². The molecule has 0 aliphatic carbocycles. The summed E-state index contributed by atoms with van der Waals surface area (Å²) in [5.41, 5.74) is -0.420. The molecule has 2 unspecified atom stereocenters. The number of ether oxygens (including phenoxy) is 2. The van der Waals surface area contributed by atoms with Gasteiger partial charge in [-0.2, -0.15) is 5.10 Å². The highest BCUT2D eigenvalue weighted by Gasteiger charge is 2.50. The van der Waals surface area contributed by atoms with Gasteiger partial charge in [0.1, 0.15) is 5.60 Å². The smallest absolute Gasteiger partial charge is 0.410 e. The molecule has 0 radical (unpaired) electrons. The summed E-state index contributed by atoms with van der Waals surface area (Å²) in [6.07, 6.45) is -0.364. The molecule has 2 atom stereocenters. The van der Waals surface area contributed by atoms with E-state index in [1.807, 2.05) is 40.1 Å². The molecule has 1 aromatic heterocycles. The summed E-state index contributed by atoms with van der Waals surface area (Å²) in [5.74, 6) is -0.213. The highest BCUT2D eigenvalue weighted by Crippen LogP contribution is 2.41. The first-order valence-corrected chi connectivity index (χ1v) is 9.70. The number of aryl methyl sites for hydroxylation is 1. The van der Waals surface area contributed by atoms with Crippen LogP contribution < -0.4 is 0 Å². The zero-order valence-corrected chi connectivity index (χ0v) is 17.0. The number of morpholine rings is 1. The minimum atomic E-state index is -2.38. The fourth-order valence-corrected chi connectivity index (χ4v) is 4.04. The van der Waals surface area contributed by atoms with Gasteiger partial charge in [-0.05, 0) is 33.3 Å². The predicted molar refractivity (Wildman–Crippen MR) is 99.5 cm³/mol. The van der Waals surface area contributed by atoms with Crippen LogP contribution >= 0.6 is 0 Å². The van der Waals surface area contributed by atoms with Crippen LogP contribution in [0.4, 0.5) is 13.6 Å². The lowest BCUT2D eigenvalue weighted by molar-refractivity contribution is -0.152. The number of hydrogen-bond donors (Lipinski definition) is 0. The molecule has 0 N–H and O–H groups in total. The first-order chi connectivity index (χ1) is 13.1. The molecular weight excluding hydrogens is 370 g/mol. The summed E-state index contributed by atoms with van der Waals surface area (Å²) in [6, 6.07) is 1.90. The third kappa shape index (κ3) is 4.81. The number of amides is 1. The lowest BCUT2D eigenvalue weighted by Gasteiger charge is -2.51. The first kappa shape index (κ1) is 21.0. The van der Waals surface area contributed by atoms with Gasteiger partial charge < -0.3 is 14.4 Å². The number of carbonyl (C=O) groups excluding carboxylic acids is 1. The van der Waals surface area contributed by atoms with Gasteiger partial charge in [0.2, 0.25) is 0 Å². The average Bonchev–Trinajstić information content (AvgIpc) is 2.99. The zero-order valence-electron chi connectivity index (χ0n) is 17.0. The van der Waals surface area contributed by atoms with E-state index in [4.69, 9.17) is 9.47 Å². The van der Waals surface area contributed by atoms with Crippen molar-refractivity contribution in [1.82, 2.24) is 19.6 Å². The summed E-state index contributed by atoms with van der Waals surface area (Å²) in [6.45, 7) is 7.35. The van der Waals surface area contributed by atoms with Crippen LogP contribution in [0.2, 0.25) is 0 Å². The van der Waals surface area contributed by atoms with Crippen molar-refractivity contribution in [3.63, 3.8) is 0 Å². The zero-order chi connectivity index (χ0) is 20.5.